The van der Waals surface area contributed by atoms with Crippen molar-refractivity contribution in [2.24, 2.45) is 0 Å². The van der Waals surface area contributed by atoms with E-state index in [9.17, 15) is 26.8 Å². The normalized spacial score (nSPS) is 16.3. The lowest BCUT2D eigenvalue weighted by atomic mass is 10.3. The summed E-state index contributed by atoms with van der Waals surface area (Å²) in [4.78, 5) is 22.8. The number of methoxy groups -OCH3 is 1. The van der Waals surface area contributed by atoms with Crippen molar-refractivity contribution in [2.75, 3.05) is 46.4 Å². The number of piperazine rings is 1. The minimum atomic E-state index is -4.15. The number of carbonyl (C=O) groups excluding carboxylic acids is 2. The zero-order chi connectivity index (χ0) is 19.3. The summed E-state index contributed by atoms with van der Waals surface area (Å²) >= 11 is 0. The number of ether oxygens (including phenoxy) is 1. The third-order valence-corrected chi connectivity index (χ3v) is 5.92. The highest BCUT2D eigenvalue weighted by Crippen LogP contribution is 2.20. The topological polar surface area (TPSA) is 97.2 Å². The molecule has 2 N–H and O–H groups in total. The monoisotopic (exact) mass is 392 g/mol. The summed E-state index contributed by atoms with van der Waals surface area (Å²) in [5, 5.41) is 2.40. The van der Waals surface area contributed by atoms with Crippen molar-refractivity contribution in [1.29, 1.82) is 0 Å². The van der Waals surface area contributed by atoms with Gasteiger partial charge in [-0.15, -0.1) is 0 Å². The molecular weight excluding hydrogens is 372 g/mol. The summed E-state index contributed by atoms with van der Waals surface area (Å²) in [5.74, 6) is -2.78. The lowest BCUT2D eigenvalue weighted by Gasteiger charge is -2.31. The van der Waals surface area contributed by atoms with Gasteiger partial charge in [-0.25, -0.2) is 17.2 Å². The molecule has 1 amide bonds. The number of nitrogens with zero attached hydrogens (tertiary/aromatic N) is 1. The number of benzene rings is 1. The van der Waals surface area contributed by atoms with Gasteiger partial charge in [0.15, 0.2) is 6.54 Å². The maximum atomic E-state index is 13.8. The molecule has 8 nitrogen and oxygen atoms in total. The lowest BCUT2D eigenvalue weighted by Crippen LogP contribution is -3.15. The van der Waals surface area contributed by atoms with Gasteiger partial charge in [-0.2, -0.15) is 4.31 Å². The van der Waals surface area contributed by atoms with E-state index in [4.69, 9.17) is 0 Å². The van der Waals surface area contributed by atoms with Gasteiger partial charge in [-0.1, -0.05) is 0 Å². The second-order valence-corrected chi connectivity index (χ2v) is 7.66. The van der Waals surface area contributed by atoms with Crippen LogP contribution in [0.5, 0.6) is 0 Å². The fourth-order valence-electron chi connectivity index (χ4n) is 2.57. The van der Waals surface area contributed by atoms with E-state index in [0.29, 0.717) is 19.2 Å². The summed E-state index contributed by atoms with van der Waals surface area (Å²) < 4.78 is 57.5. The highest BCUT2D eigenvalue weighted by Gasteiger charge is 2.33. The maximum absolute atomic E-state index is 13.8. The van der Waals surface area contributed by atoms with Crippen molar-refractivity contribution < 1.29 is 36.4 Å². The van der Waals surface area contributed by atoms with Crippen LogP contribution in [0.25, 0.3) is 0 Å². The molecule has 11 heteroatoms. The summed E-state index contributed by atoms with van der Waals surface area (Å²) in [6.45, 7) is 0.612. The Morgan fingerprint density at radius 2 is 1.92 bits per heavy atom. The molecule has 0 aromatic heterocycles. The van der Waals surface area contributed by atoms with Crippen LogP contribution in [0.1, 0.15) is 0 Å². The first-order chi connectivity index (χ1) is 12.2. The van der Waals surface area contributed by atoms with E-state index in [1.165, 1.54) is 7.11 Å². The highest BCUT2D eigenvalue weighted by molar-refractivity contribution is 7.89. The van der Waals surface area contributed by atoms with Gasteiger partial charge >= 0.3 is 5.97 Å². The van der Waals surface area contributed by atoms with Crippen LogP contribution in [-0.2, 0) is 24.3 Å². The van der Waals surface area contributed by atoms with Crippen molar-refractivity contribution in [3.63, 3.8) is 0 Å². The lowest BCUT2D eigenvalue weighted by molar-refractivity contribution is -0.895. The fourth-order valence-corrected chi connectivity index (χ4v) is 4.08. The zero-order valence-corrected chi connectivity index (χ0v) is 14.9. The first-order valence-electron chi connectivity index (χ1n) is 7.86. The van der Waals surface area contributed by atoms with Crippen LogP contribution < -0.4 is 10.2 Å². The number of sulfonamides is 1. The van der Waals surface area contributed by atoms with Crippen molar-refractivity contribution in [2.45, 2.75) is 4.90 Å². The van der Waals surface area contributed by atoms with Crippen molar-refractivity contribution >= 4 is 21.9 Å². The Morgan fingerprint density at radius 3 is 2.54 bits per heavy atom. The van der Waals surface area contributed by atoms with Gasteiger partial charge in [0, 0.05) is 0 Å². The molecule has 26 heavy (non-hydrogen) atoms. The van der Waals surface area contributed by atoms with E-state index in [0.717, 1.165) is 21.3 Å². The quantitative estimate of drug-likeness (QED) is 0.554. The van der Waals surface area contributed by atoms with Crippen LogP contribution in [0.3, 0.4) is 0 Å². The average Bonchev–Trinajstić information content (AvgIpc) is 2.62. The minimum Gasteiger partial charge on any atom is -0.468 e. The Kier molecular flexibility index (Phi) is 6.62. The van der Waals surface area contributed by atoms with Crippen LogP contribution in [0.4, 0.5) is 8.78 Å². The van der Waals surface area contributed by atoms with Crippen LogP contribution in [0.2, 0.25) is 0 Å². The van der Waals surface area contributed by atoms with Crippen molar-refractivity contribution in [3.05, 3.63) is 29.8 Å². The van der Waals surface area contributed by atoms with E-state index in [-0.39, 0.29) is 32.1 Å². The molecule has 0 aliphatic carbocycles. The Morgan fingerprint density at radius 1 is 1.27 bits per heavy atom. The molecular formula is C15H20F2N3O5S+. The average molecular weight is 392 g/mol. The van der Waals surface area contributed by atoms with Crippen LogP contribution >= 0.6 is 0 Å². The molecule has 1 aliphatic heterocycles. The predicted octanol–water partition coefficient (Wildman–Crippen LogP) is -1.86. The van der Waals surface area contributed by atoms with Gasteiger partial charge in [0.1, 0.15) is 23.1 Å². The number of esters is 1. The van der Waals surface area contributed by atoms with Gasteiger partial charge in [0.25, 0.3) is 5.91 Å². The molecule has 1 aromatic rings. The molecule has 2 rings (SSSR count). The van der Waals surface area contributed by atoms with Gasteiger partial charge < -0.3 is 15.0 Å². The number of quaternary nitrogens is 1. The Balaban J connectivity index is 1.92. The molecule has 0 atom stereocenters. The van der Waals surface area contributed by atoms with Gasteiger partial charge in [-0.05, 0) is 18.2 Å². The third kappa shape index (κ3) is 4.96. The molecule has 144 valence electrons. The zero-order valence-electron chi connectivity index (χ0n) is 14.1. The van der Waals surface area contributed by atoms with E-state index < -0.39 is 32.5 Å². The molecule has 1 saturated heterocycles. The van der Waals surface area contributed by atoms with Crippen LogP contribution in [0, 0.1) is 11.6 Å². The SMILES string of the molecule is COC(=O)CNC(=O)C[NH+]1CCN(S(=O)(=O)c2cc(F)ccc2F)CC1. The fraction of sp³-hybridized carbons (Fsp3) is 0.467. The molecule has 0 spiro atoms. The van der Waals surface area contributed by atoms with Gasteiger partial charge in [-0.3, -0.25) is 9.59 Å². The second kappa shape index (κ2) is 8.52. The van der Waals surface area contributed by atoms with E-state index in [2.05, 4.69) is 10.1 Å². The summed E-state index contributed by atoms with van der Waals surface area (Å²) in [7, 11) is -2.94. The smallest absolute Gasteiger partial charge is 0.325 e. The number of hydrogen-bond donors (Lipinski definition) is 2. The Hall–Kier alpha value is -2.11. The molecule has 0 unspecified atom stereocenters. The number of carbonyl (C=O) groups is 2. The number of hydrogen-bond acceptors (Lipinski definition) is 5. The molecule has 0 bridgehead atoms. The summed E-state index contributed by atoms with van der Waals surface area (Å²) in [6.07, 6.45) is 0. The van der Waals surface area contributed by atoms with E-state index >= 15 is 0 Å². The first-order valence-corrected chi connectivity index (χ1v) is 9.30. The second-order valence-electron chi connectivity index (χ2n) is 5.76. The molecule has 0 saturated carbocycles. The molecule has 1 aliphatic rings. The number of halogens is 2. The summed E-state index contributed by atoms with van der Waals surface area (Å²) in [5.41, 5.74) is 0. The molecule has 1 heterocycles. The first kappa shape index (κ1) is 20.2. The number of rotatable bonds is 6. The Labute approximate surface area is 149 Å². The Bertz CT molecular complexity index is 779. The van der Waals surface area contributed by atoms with E-state index in [1.807, 2.05) is 0 Å². The van der Waals surface area contributed by atoms with Gasteiger partial charge in [0.05, 0.1) is 33.3 Å². The van der Waals surface area contributed by atoms with Gasteiger partial charge in [0.2, 0.25) is 10.0 Å². The minimum absolute atomic E-state index is 0.0674. The predicted molar refractivity (Wildman–Crippen MR) is 85.7 cm³/mol. The van der Waals surface area contributed by atoms with Crippen LogP contribution in [0.15, 0.2) is 23.1 Å². The number of nitrogens with one attached hydrogen (secondary N) is 2. The summed E-state index contributed by atoms with van der Waals surface area (Å²) in [6, 6.07) is 2.28. The molecule has 0 radical (unpaired) electrons. The third-order valence-electron chi connectivity index (χ3n) is 4.01. The largest absolute Gasteiger partial charge is 0.468 e. The molecule has 1 fully saturated rings. The number of amides is 1. The maximum Gasteiger partial charge on any atom is 0.325 e. The van der Waals surface area contributed by atoms with Crippen molar-refractivity contribution in [3.8, 4) is 0 Å². The van der Waals surface area contributed by atoms with Crippen LogP contribution in [-0.4, -0.2) is 71.0 Å². The van der Waals surface area contributed by atoms with E-state index in [1.54, 1.807) is 0 Å². The standard InChI is InChI=1S/C15H19F2N3O5S/c1-25-15(22)9-18-14(21)10-19-4-6-20(7-5-19)26(23,24)13-8-11(16)2-3-12(13)17/h2-3,8H,4-7,9-10H2,1H3,(H,18,21)/p+1. The highest BCUT2D eigenvalue weighted by atomic mass is 32.2. The molecule has 1 aromatic carbocycles. The van der Waals surface area contributed by atoms with Crippen molar-refractivity contribution in [1.82, 2.24) is 9.62 Å².